The molecular weight excluding hydrogens is 395 g/mol. The van der Waals surface area contributed by atoms with Gasteiger partial charge >= 0.3 is 0 Å². The molecule has 1 aliphatic heterocycles. The fraction of sp³-hybridized carbons (Fsp3) is 0.421. The minimum Gasteiger partial charge on any atom is -0.352 e. The van der Waals surface area contributed by atoms with E-state index in [-0.39, 0.29) is 4.90 Å². The summed E-state index contributed by atoms with van der Waals surface area (Å²) in [4.78, 5) is 11.5. The van der Waals surface area contributed by atoms with E-state index in [9.17, 15) is 12.8 Å². The lowest BCUT2D eigenvalue weighted by Gasteiger charge is -2.35. The molecule has 8 nitrogen and oxygen atoms in total. The minimum absolute atomic E-state index is 0.104. The van der Waals surface area contributed by atoms with Crippen LogP contribution in [0.25, 0.3) is 11.0 Å². The summed E-state index contributed by atoms with van der Waals surface area (Å²) in [6.07, 6.45) is 0.705. The van der Waals surface area contributed by atoms with Gasteiger partial charge in [0.1, 0.15) is 22.7 Å². The Balaban J connectivity index is 1.61. The van der Waals surface area contributed by atoms with Crippen molar-refractivity contribution in [2.75, 3.05) is 31.1 Å². The maximum absolute atomic E-state index is 13.1. The van der Waals surface area contributed by atoms with Crippen molar-refractivity contribution in [1.82, 2.24) is 24.1 Å². The van der Waals surface area contributed by atoms with Crippen LogP contribution in [-0.4, -0.2) is 58.7 Å². The molecule has 0 amide bonds. The first-order chi connectivity index (χ1) is 13.8. The van der Waals surface area contributed by atoms with E-state index < -0.39 is 15.8 Å². The van der Waals surface area contributed by atoms with Crippen LogP contribution in [0.1, 0.15) is 18.4 Å². The summed E-state index contributed by atoms with van der Waals surface area (Å²) in [5.41, 5.74) is 2.53. The number of benzene rings is 1. The Morgan fingerprint density at radius 2 is 1.72 bits per heavy atom. The number of hydrogen-bond acceptors (Lipinski definition) is 6. The van der Waals surface area contributed by atoms with Crippen LogP contribution in [-0.2, 0) is 23.5 Å². The van der Waals surface area contributed by atoms with Crippen LogP contribution in [0, 0.1) is 12.7 Å². The Hall–Kier alpha value is -2.59. The molecule has 0 unspecified atom stereocenters. The van der Waals surface area contributed by atoms with Crippen molar-refractivity contribution >= 4 is 26.9 Å². The second kappa shape index (κ2) is 7.34. The molecule has 0 spiro atoms. The van der Waals surface area contributed by atoms with Gasteiger partial charge in [-0.05, 0) is 31.2 Å². The van der Waals surface area contributed by atoms with Gasteiger partial charge in [-0.15, -0.1) is 0 Å². The first kappa shape index (κ1) is 19.7. The number of anilines is 1. The molecule has 1 aromatic carbocycles. The van der Waals surface area contributed by atoms with Crippen molar-refractivity contribution in [2.45, 2.75) is 25.2 Å². The summed E-state index contributed by atoms with van der Waals surface area (Å²) < 4.78 is 42.1. The first-order valence-electron chi connectivity index (χ1n) is 9.52. The van der Waals surface area contributed by atoms with Gasteiger partial charge < -0.3 is 4.90 Å². The third-order valence-electron chi connectivity index (χ3n) is 5.18. The molecule has 2 aromatic heterocycles. The molecule has 0 radical (unpaired) electrons. The predicted molar refractivity (Wildman–Crippen MR) is 108 cm³/mol. The largest absolute Gasteiger partial charge is 0.352 e. The van der Waals surface area contributed by atoms with Gasteiger partial charge in [0.25, 0.3) is 0 Å². The number of rotatable bonds is 4. The molecular formula is C19H23FN6O2S. The Morgan fingerprint density at radius 3 is 2.34 bits per heavy atom. The van der Waals surface area contributed by atoms with E-state index in [1.807, 2.05) is 20.9 Å². The zero-order chi connectivity index (χ0) is 20.8. The number of nitrogens with zero attached hydrogens (tertiary/aromatic N) is 6. The number of fused-ring (bicyclic) bond motifs is 1. The lowest BCUT2D eigenvalue weighted by Crippen LogP contribution is -2.49. The highest BCUT2D eigenvalue weighted by molar-refractivity contribution is 7.89. The third kappa shape index (κ3) is 3.46. The molecule has 0 bridgehead atoms. The average molecular weight is 418 g/mol. The van der Waals surface area contributed by atoms with E-state index in [1.54, 1.807) is 4.68 Å². The van der Waals surface area contributed by atoms with E-state index in [0.29, 0.717) is 32.6 Å². The van der Waals surface area contributed by atoms with Crippen LogP contribution in [0.15, 0.2) is 29.2 Å². The van der Waals surface area contributed by atoms with Crippen LogP contribution in [0.3, 0.4) is 0 Å². The van der Waals surface area contributed by atoms with Crippen LogP contribution < -0.4 is 4.90 Å². The van der Waals surface area contributed by atoms with Crippen molar-refractivity contribution in [3.05, 3.63) is 41.6 Å². The summed E-state index contributed by atoms with van der Waals surface area (Å²) in [6, 6.07) is 4.93. The Labute approximate surface area is 169 Å². The molecule has 29 heavy (non-hydrogen) atoms. The van der Waals surface area contributed by atoms with Crippen LogP contribution in [0.5, 0.6) is 0 Å². The van der Waals surface area contributed by atoms with E-state index in [4.69, 9.17) is 4.98 Å². The SMILES string of the molecule is CCc1nc(N2CCN(S(=O)(=O)c3ccc(F)cc3)CC2)c2c(n1)c(C)nn2C. The van der Waals surface area contributed by atoms with Gasteiger partial charge in [-0.1, -0.05) is 6.92 Å². The molecule has 154 valence electrons. The fourth-order valence-corrected chi connectivity index (χ4v) is 5.06. The third-order valence-corrected chi connectivity index (χ3v) is 7.10. The smallest absolute Gasteiger partial charge is 0.243 e. The van der Waals surface area contributed by atoms with Gasteiger partial charge in [-0.2, -0.15) is 9.40 Å². The van der Waals surface area contributed by atoms with Crippen LogP contribution >= 0.6 is 0 Å². The highest BCUT2D eigenvalue weighted by Crippen LogP contribution is 2.27. The van der Waals surface area contributed by atoms with Crippen molar-refractivity contribution in [3.63, 3.8) is 0 Å². The number of aryl methyl sites for hydroxylation is 3. The first-order valence-corrected chi connectivity index (χ1v) is 11.0. The lowest BCUT2D eigenvalue weighted by molar-refractivity contribution is 0.384. The average Bonchev–Trinajstić information content (AvgIpc) is 3.01. The van der Waals surface area contributed by atoms with Crippen molar-refractivity contribution in [2.24, 2.45) is 7.05 Å². The van der Waals surface area contributed by atoms with E-state index >= 15 is 0 Å². The maximum atomic E-state index is 13.1. The maximum Gasteiger partial charge on any atom is 0.243 e. The molecule has 0 aliphatic carbocycles. The van der Waals surface area contributed by atoms with Crippen molar-refractivity contribution in [1.29, 1.82) is 0 Å². The molecule has 3 heterocycles. The number of hydrogen-bond donors (Lipinski definition) is 0. The lowest BCUT2D eigenvalue weighted by atomic mass is 10.3. The second-order valence-corrected chi connectivity index (χ2v) is 9.01. The Bertz CT molecular complexity index is 1150. The van der Waals surface area contributed by atoms with Gasteiger partial charge in [0.2, 0.25) is 10.0 Å². The molecule has 3 aromatic rings. The summed E-state index contributed by atoms with van der Waals surface area (Å²) >= 11 is 0. The summed E-state index contributed by atoms with van der Waals surface area (Å²) in [5, 5.41) is 4.47. The summed E-state index contributed by atoms with van der Waals surface area (Å²) in [7, 11) is -1.79. The molecule has 0 atom stereocenters. The summed E-state index contributed by atoms with van der Waals surface area (Å²) in [6.45, 7) is 5.57. The zero-order valence-electron chi connectivity index (χ0n) is 16.6. The highest BCUT2D eigenvalue weighted by Gasteiger charge is 2.30. The Morgan fingerprint density at radius 1 is 1.07 bits per heavy atom. The number of aromatic nitrogens is 4. The molecule has 1 saturated heterocycles. The molecule has 0 saturated carbocycles. The molecule has 10 heteroatoms. The van der Waals surface area contributed by atoms with Gasteiger partial charge in [-0.25, -0.2) is 22.8 Å². The topological polar surface area (TPSA) is 84.2 Å². The zero-order valence-corrected chi connectivity index (χ0v) is 17.4. The van der Waals surface area contributed by atoms with E-state index in [2.05, 4.69) is 15.0 Å². The van der Waals surface area contributed by atoms with Gasteiger partial charge in [0.15, 0.2) is 5.82 Å². The minimum atomic E-state index is -3.65. The van der Waals surface area contributed by atoms with Crippen molar-refractivity contribution < 1.29 is 12.8 Å². The van der Waals surface area contributed by atoms with E-state index in [1.165, 1.54) is 16.4 Å². The summed E-state index contributed by atoms with van der Waals surface area (Å²) in [5.74, 6) is 1.07. The fourth-order valence-electron chi connectivity index (χ4n) is 3.64. The quantitative estimate of drug-likeness (QED) is 0.643. The van der Waals surface area contributed by atoms with Crippen molar-refractivity contribution in [3.8, 4) is 0 Å². The second-order valence-electron chi connectivity index (χ2n) is 7.07. The van der Waals surface area contributed by atoms with Gasteiger partial charge in [0, 0.05) is 39.6 Å². The van der Waals surface area contributed by atoms with Gasteiger partial charge in [-0.3, -0.25) is 4.68 Å². The van der Waals surface area contributed by atoms with E-state index in [0.717, 1.165) is 40.5 Å². The highest BCUT2D eigenvalue weighted by atomic mass is 32.2. The predicted octanol–water partition coefficient (Wildman–Crippen LogP) is 1.88. The molecule has 4 rings (SSSR count). The molecule has 0 N–H and O–H groups in total. The standard InChI is InChI=1S/C19H23FN6O2S/c1-4-16-21-17-13(2)23-24(3)18(17)19(22-16)25-9-11-26(12-10-25)29(27,28)15-7-5-14(20)6-8-15/h5-8H,4,9-12H2,1-3H3. The number of sulfonamides is 1. The number of halogens is 1. The normalized spacial score (nSPS) is 15.9. The Kier molecular flexibility index (Phi) is 4.99. The monoisotopic (exact) mass is 418 g/mol. The van der Waals surface area contributed by atoms with Gasteiger partial charge in [0.05, 0.1) is 10.6 Å². The molecule has 1 fully saturated rings. The number of piperazine rings is 1. The molecule has 1 aliphatic rings. The van der Waals surface area contributed by atoms with Crippen LogP contribution in [0.4, 0.5) is 10.2 Å². The van der Waals surface area contributed by atoms with Crippen LogP contribution in [0.2, 0.25) is 0 Å².